The van der Waals surface area contributed by atoms with Gasteiger partial charge in [0.05, 0.1) is 11.9 Å². The number of pyridine rings is 1. The Bertz CT molecular complexity index is 794. The molecule has 1 atom stereocenters. The summed E-state index contributed by atoms with van der Waals surface area (Å²) in [5.74, 6) is 0.0582. The monoisotopic (exact) mass is 296 g/mol. The number of nitrogens with zero attached hydrogens (tertiary/aromatic N) is 5. The highest BCUT2D eigenvalue weighted by Crippen LogP contribution is 2.34. The van der Waals surface area contributed by atoms with E-state index in [0.29, 0.717) is 5.65 Å². The maximum atomic E-state index is 11.5. The van der Waals surface area contributed by atoms with E-state index in [0.717, 1.165) is 6.20 Å². The first-order valence-electron chi connectivity index (χ1n) is 5.42. The van der Waals surface area contributed by atoms with Crippen molar-refractivity contribution in [1.29, 1.82) is 0 Å². The Kier molecular flexibility index (Phi) is 2.87. The zero-order valence-corrected chi connectivity index (χ0v) is 10.7. The van der Waals surface area contributed by atoms with Crippen molar-refractivity contribution in [1.82, 2.24) is 30.0 Å². The molecule has 0 fully saturated rings. The maximum absolute atomic E-state index is 11.5. The van der Waals surface area contributed by atoms with Crippen LogP contribution in [0.25, 0.3) is 5.65 Å². The van der Waals surface area contributed by atoms with Gasteiger partial charge < -0.3 is 14.9 Å². The van der Waals surface area contributed by atoms with Crippen LogP contribution in [0.5, 0.6) is 0 Å². The number of fused-ring (bicyclic) bond motifs is 1. The lowest BCUT2D eigenvalue weighted by atomic mass is 10.2. The number of aromatic nitrogens is 6. The first-order valence-corrected chi connectivity index (χ1v) is 7.04. The molecule has 20 heavy (non-hydrogen) atoms. The molecule has 3 aromatic heterocycles. The molecule has 3 aromatic rings. The van der Waals surface area contributed by atoms with Crippen LogP contribution in [0.2, 0.25) is 0 Å². The third kappa shape index (κ3) is 2.00. The van der Waals surface area contributed by atoms with Gasteiger partial charge in [0.15, 0.2) is 17.4 Å². The molecular weight excluding hydrogens is 287 g/mol. The minimum absolute atomic E-state index is 0.0582. The van der Waals surface area contributed by atoms with Crippen LogP contribution < -0.4 is 5.44 Å². The predicted molar refractivity (Wildman–Crippen MR) is 65.1 cm³/mol. The van der Waals surface area contributed by atoms with Crippen molar-refractivity contribution in [3.63, 3.8) is 0 Å². The van der Waals surface area contributed by atoms with Gasteiger partial charge in [0.25, 0.3) is 0 Å². The highest BCUT2D eigenvalue weighted by atomic mass is 31.2. The van der Waals surface area contributed by atoms with Gasteiger partial charge in [-0.3, -0.25) is 8.97 Å². The molecule has 0 aliphatic carbocycles. The predicted octanol–water partition coefficient (Wildman–Crippen LogP) is -1.27. The summed E-state index contributed by atoms with van der Waals surface area (Å²) in [5.41, 5.74) is 0.179. The second-order valence-electron chi connectivity index (χ2n) is 3.99. The van der Waals surface area contributed by atoms with Gasteiger partial charge in [-0.1, -0.05) is 6.07 Å². The van der Waals surface area contributed by atoms with Gasteiger partial charge in [-0.15, -0.1) is 5.10 Å². The molecule has 0 aliphatic heterocycles. The van der Waals surface area contributed by atoms with E-state index in [1.165, 1.54) is 10.5 Å². The zero-order chi connectivity index (χ0) is 14.3. The van der Waals surface area contributed by atoms with E-state index in [4.69, 9.17) is 0 Å². The van der Waals surface area contributed by atoms with Crippen LogP contribution in [0, 0.1) is 0 Å². The molecule has 0 bridgehead atoms. The third-order valence-electron chi connectivity index (χ3n) is 2.74. The lowest BCUT2D eigenvalue weighted by Gasteiger charge is -2.12. The third-order valence-corrected chi connectivity index (χ3v) is 3.65. The van der Waals surface area contributed by atoms with Crippen LogP contribution in [0.3, 0.4) is 0 Å². The molecule has 3 heterocycles. The van der Waals surface area contributed by atoms with E-state index in [1.807, 2.05) is 0 Å². The first kappa shape index (κ1) is 12.9. The van der Waals surface area contributed by atoms with E-state index in [-0.39, 0.29) is 17.0 Å². The fourth-order valence-electron chi connectivity index (χ4n) is 1.89. The molecule has 4 N–H and O–H groups in total. The van der Waals surface area contributed by atoms with Gasteiger partial charge in [0.2, 0.25) is 0 Å². The van der Waals surface area contributed by atoms with Crippen LogP contribution >= 0.6 is 7.60 Å². The van der Waals surface area contributed by atoms with E-state index in [1.54, 1.807) is 12.1 Å². The van der Waals surface area contributed by atoms with Gasteiger partial charge in [0, 0.05) is 0 Å². The first-order chi connectivity index (χ1) is 9.48. The quantitative estimate of drug-likeness (QED) is 0.437. The average Bonchev–Trinajstić information content (AvgIpc) is 3.05. The molecule has 1 unspecified atom stereocenters. The molecule has 0 radical (unpaired) electrons. The Morgan fingerprint density at radius 3 is 2.80 bits per heavy atom. The summed E-state index contributed by atoms with van der Waals surface area (Å²) in [6, 6.07) is 4.67. The van der Waals surface area contributed by atoms with Crippen LogP contribution in [-0.4, -0.2) is 44.9 Å². The van der Waals surface area contributed by atoms with Gasteiger partial charge in [0.1, 0.15) is 5.65 Å². The normalized spacial score (nSPS) is 13.8. The van der Waals surface area contributed by atoms with Crippen molar-refractivity contribution in [3.8, 4) is 0 Å². The lowest BCUT2D eigenvalue weighted by Crippen LogP contribution is -2.17. The summed E-state index contributed by atoms with van der Waals surface area (Å²) in [4.78, 5) is 22.6. The van der Waals surface area contributed by atoms with Crippen molar-refractivity contribution < 1.29 is 19.5 Å². The summed E-state index contributed by atoms with van der Waals surface area (Å²) in [6.45, 7) is 0. The number of nitrogens with one attached hydrogen (secondary N) is 1. The van der Waals surface area contributed by atoms with Gasteiger partial charge >= 0.3 is 7.60 Å². The molecule has 0 aromatic carbocycles. The number of aromatic amines is 1. The van der Waals surface area contributed by atoms with Crippen LogP contribution in [-0.2, 0) is 4.57 Å². The second kappa shape index (κ2) is 4.46. The Morgan fingerprint density at radius 1 is 1.35 bits per heavy atom. The Morgan fingerprint density at radius 2 is 2.15 bits per heavy atom. The topological polar surface area (TPSA) is 150 Å². The molecule has 11 heteroatoms. The van der Waals surface area contributed by atoms with Crippen LogP contribution in [0.4, 0.5) is 0 Å². The molecule has 0 aliphatic rings. The number of H-pyrrole nitrogens is 1. The Balaban J connectivity index is 2.26. The molecule has 104 valence electrons. The van der Waals surface area contributed by atoms with E-state index in [9.17, 15) is 19.5 Å². The number of tetrazole rings is 1. The molecule has 0 spiro atoms. The SMILES string of the molecule is O=P(O)(O)c1cnc2cccc(C(O)c3nnn[nH]3)n12. The number of aliphatic hydroxyl groups excluding tert-OH is 1. The summed E-state index contributed by atoms with van der Waals surface area (Å²) in [5, 5.41) is 22.9. The van der Waals surface area contributed by atoms with E-state index < -0.39 is 13.7 Å². The second-order valence-corrected chi connectivity index (χ2v) is 5.54. The minimum atomic E-state index is -4.53. The smallest absolute Gasteiger partial charge is 0.374 e. The number of rotatable bonds is 3. The van der Waals surface area contributed by atoms with E-state index >= 15 is 0 Å². The highest BCUT2D eigenvalue weighted by molar-refractivity contribution is 7.60. The molecule has 3 rings (SSSR count). The highest BCUT2D eigenvalue weighted by Gasteiger charge is 2.26. The average molecular weight is 296 g/mol. The summed E-state index contributed by atoms with van der Waals surface area (Å²) in [6.07, 6.45) is -0.196. The molecule has 10 nitrogen and oxygen atoms in total. The van der Waals surface area contributed by atoms with Crippen molar-refractivity contribution in [2.45, 2.75) is 6.10 Å². The van der Waals surface area contributed by atoms with E-state index in [2.05, 4.69) is 25.6 Å². The van der Waals surface area contributed by atoms with Crippen LogP contribution in [0.1, 0.15) is 17.6 Å². The number of imidazole rings is 1. The van der Waals surface area contributed by atoms with Gasteiger partial charge in [-0.2, -0.15) is 0 Å². The minimum Gasteiger partial charge on any atom is -0.379 e. The van der Waals surface area contributed by atoms with Crippen molar-refractivity contribution in [3.05, 3.63) is 35.9 Å². The Hall–Kier alpha value is -2.13. The maximum Gasteiger partial charge on any atom is 0.374 e. The van der Waals surface area contributed by atoms with Gasteiger partial charge in [-0.05, 0) is 22.6 Å². The van der Waals surface area contributed by atoms with Crippen molar-refractivity contribution in [2.24, 2.45) is 0 Å². The summed E-state index contributed by atoms with van der Waals surface area (Å²) < 4.78 is 12.7. The lowest BCUT2D eigenvalue weighted by molar-refractivity contribution is 0.204. The molecule has 0 saturated carbocycles. The Labute approximate surface area is 111 Å². The number of hydrogen-bond acceptors (Lipinski definition) is 6. The summed E-state index contributed by atoms with van der Waals surface area (Å²) in [7, 11) is -4.53. The fourth-order valence-corrected chi connectivity index (χ4v) is 2.57. The van der Waals surface area contributed by atoms with Crippen molar-refractivity contribution in [2.75, 3.05) is 0 Å². The zero-order valence-electron chi connectivity index (χ0n) is 9.82. The van der Waals surface area contributed by atoms with Crippen LogP contribution in [0.15, 0.2) is 24.4 Å². The summed E-state index contributed by atoms with van der Waals surface area (Å²) >= 11 is 0. The number of hydrogen-bond donors (Lipinski definition) is 4. The number of aliphatic hydroxyl groups is 1. The molecule has 0 amide bonds. The van der Waals surface area contributed by atoms with Crippen molar-refractivity contribution >= 4 is 18.7 Å². The van der Waals surface area contributed by atoms with Gasteiger partial charge in [-0.25, -0.2) is 10.1 Å². The molecule has 0 saturated heterocycles. The largest absolute Gasteiger partial charge is 0.379 e. The molecular formula is C9H9N6O4P. The standard InChI is InChI=1S/C9H9N6O4P/c16-8(9-11-13-14-12-9)5-2-1-3-6-10-4-7(15(5)6)20(17,18)19/h1-4,8,16H,(H2,17,18,19)(H,11,12,13,14). The fraction of sp³-hybridized carbons (Fsp3) is 0.111.